The highest BCUT2D eigenvalue weighted by Gasteiger charge is 2.25. The van der Waals surface area contributed by atoms with Crippen LogP contribution in [0.5, 0.6) is 0 Å². The Kier molecular flexibility index (Phi) is 6.53. The first-order chi connectivity index (χ1) is 5.56. The molecular formula is C6H18N2O3Si. The van der Waals surface area contributed by atoms with Crippen molar-refractivity contribution in [3.05, 3.63) is 0 Å². The van der Waals surface area contributed by atoms with Gasteiger partial charge < -0.3 is 25.4 Å². The minimum atomic E-state index is -3.78. The first-order valence-corrected chi connectivity index (χ1v) is 6.19. The minimum Gasteiger partial charge on any atom is -0.390 e. The van der Waals surface area contributed by atoms with Crippen molar-refractivity contribution >= 4 is 8.80 Å². The molecule has 0 radical (unpaired) electrons. The Morgan fingerprint density at radius 1 is 1.08 bits per heavy atom. The number of nitrogens with one attached hydrogen (secondary N) is 1. The molecular weight excluding hydrogens is 176 g/mol. The summed E-state index contributed by atoms with van der Waals surface area (Å²) in [6.07, 6.45) is 1.46. The van der Waals surface area contributed by atoms with Crippen LogP contribution in [0.25, 0.3) is 0 Å². The van der Waals surface area contributed by atoms with Gasteiger partial charge in [0, 0.05) is 19.1 Å². The first kappa shape index (κ1) is 12.0. The highest BCUT2D eigenvalue weighted by molar-refractivity contribution is 6.56. The van der Waals surface area contributed by atoms with Gasteiger partial charge in [-0.25, -0.2) is 0 Å². The molecule has 0 saturated heterocycles. The van der Waals surface area contributed by atoms with Gasteiger partial charge in [-0.1, -0.05) is 0 Å². The van der Waals surface area contributed by atoms with Crippen molar-refractivity contribution in [3.63, 3.8) is 0 Å². The van der Waals surface area contributed by atoms with Crippen molar-refractivity contribution in [2.45, 2.75) is 18.9 Å². The Bertz CT molecular complexity index is 107. The molecule has 5 nitrogen and oxygen atoms in total. The van der Waals surface area contributed by atoms with Gasteiger partial charge in [-0.15, -0.1) is 0 Å². The summed E-state index contributed by atoms with van der Waals surface area (Å²) in [5.41, 5.74) is 5.24. The minimum absolute atomic E-state index is 0.122. The van der Waals surface area contributed by atoms with Crippen LogP contribution in [0, 0.1) is 0 Å². The van der Waals surface area contributed by atoms with E-state index in [9.17, 15) is 0 Å². The van der Waals surface area contributed by atoms with Gasteiger partial charge in [0.05, 0.1) is 0 Å². The fourth-order valence-electron chi connectivity index (χ4n) is 0.839. The molecule has 0 aliphatic rings. The molecule has 0 heterocycles. The monoisotopic (exact) mass is 194 g/mol. The van der Waals surface area contributed by atoms with Crippen molar-refractivity contribution in [3.8, 4) is 0 Å². The summed E-state index contributed by atoms with van der Waals surface area (Å²) < 4.78 is 0. The normalized spacial score (nSPS) is 12.0. The van der Waals surface area contributed by atoms with E-state index in [2.05, 4.69) is 5.32 Å². The molecule has 12 heavy (non-hydrogen) atoms. The van der Waals surface area contributed by atoms with Crippen molar-refractivity contribution in [2.75, 3.05) is 19.6 Å². The molecule has 6 N–H and O–H groups in total. The Balaban J connectivity index is 3.01. The number of hydrogen-bond donors (Lipinski definition) is 5. The molecule has 0 amide bonds. The molecule has 0 bridgehead atoms. The van der Waals surface area contributed by atoms with Crippen LogP contribution in [0.1, 0.15) is 12.8 Å². The van der Waals surface area contributed by atoms with E-state index in [-0.39, 0.29) is 6.04 Å². The maximum absolute atomic E-state index is 8.63. The van der Waals surface area contributed by atoms with E-state index in [0.717, 1.165) is 19.5 Å². The molecule has 0 aromatic heterocycles. The van der Waals surface area contributed by atoms with E-state index in [1.165, 1.54) is 0 Å². The Hall–Kier alpha value is 0.0169. The molecule has 0 aromatic carbocycles. The van der Waals surface area contributed by atoms with Crippen molar-refractivity contribution < 1.29 is 14.4 Å². The molecule has 6 heteroatoms. The van der Waals surface area contributed by atoms with Crippen LogP contribution in [-0.4, -0.2) is 42.8 Å². The van der Waals surface area contributed by atoms with Gasteiger partial charge in [0.2, 0.25) is 0 Å². The second-order valence-corrected chi connectivity index (χ2v) is 4.82. The second kappa shape index (κ2) is 6.52. The number of rotatable bonds is 7. The Labute approximate surface area is 73.6 Å². The summed E-state index contributed by atoms with van der Waals surface area (Å²) in [4.78, 5) is 25.9. The fourth-order valence-corrected chi connectivity index (χ4v) is 1.56. The van der Waals surface area contributed by atoms with E-state index in [0.29, 0.717) is 13.0 Å². The molecule has 0 spiro atoms. The van der Waals surface area contributed by atoms with Gasteiger partial charge in [-0.3, -0.25) is 0 Å². The second-order valence-electron chi connectivity index (χ2n) is 2.77. The molecule has 74 valence electrons. The Morgan fingerprint density at radius 2 is 1.75 bits per heavy atom. The predicted molar refractivity (Wildman–Crippen MR) is 48.4 cm³/mol. The maximum atomic E-state index is 8.63. The van der Waals surface area contributed by atoms with Crippen LogP contribution in [0.15, 0.2) is 0 Å². The number of hydrogen-bond acceptors (Lipinski definition) is 5. The summed E-state index contributed by atoms with van der Waals surface area (Å²) in [5, 5.41) is 3.07. The van der Waals surface area contributed by atoms with E-state index in [1.807, 2.05) is 0 Å². The van der Waals surface area contributed by atoms with Crippen LogP contribution in [-0.2, 0) is 0 Å². The molecule has 0 unspecified atom stereocenters. The van der Waals surface area contributed by atoms with Crippen LogP contribution in [0.3, 0.4) is 0 Å². The fraction of sp³-hybridized carbons (Fsp3) is 1.00. The lowest BCUT2D eigenvalue weighted by atomic mass is 10.3. The first-order valence-electron chi connectivity index (χ1n) is 4.14. The van der Waals surface area contributed by atoms with Crippen LogP contribution < -0.4 is 11.1 Å². The highest BCUT2D eigenvalue weighted by Crippen LogP contribution is 2.03. The summed E-state index contributed by atoms with van der Waals surface area (Å²) in [6.45, 7) is 2.19. The molecule has 0 rings (SSSR count). The third kappa shape index (κ3) is 10.0. The lowest BCUT2D eigenvalue weighted by Crippen LogP contribution is -2.34. The van der Waals surface area contributed by atoms with Crippen LogP contribution in [0.2, 0.25) is 6.04 Å². The van der Waals surface area contributed by atoms with Crippen molar-refractivity contribution in [1.29, 1.82) is 0 Å². The Morgan fingerprint density at radius 3 is 2.25 bits per heavy atom. The predicted octanol–water partition coefficient (Wildman–Crippen LogP) is -1.77. The highest BCUT2D eigenvalue weighted by atomic mass is 28.4. The van der Waals surface area contributed by atoms with Crippen molar-refractivity contribution in [1.82, 2.24) is 5.32 Å². The standard InChI is InChI=1S/C6H18N2O3Si/c7-3-5-8-4-1-2-6-12(9,10)11/h8-11H,1-7H2. The molecule has 0 aliphatic carbocycles. The van der Waals surface area contributed by atoms with E-state index in [4.69, 9.17) is 20.1 Å². The smallest absolute Gasteiger partial charge is 0.390 e. The van der Waals surface area contributed by atoms with Gasteiger partial charge in [0.1, 0.15) is 0 Å². The average Bonchev–Trinajstić information content (AvgIpc) is 1.94. The molecule has 0 atom stereocenters. The summed E-state index contributed by atoms with van der Waals surface area (Å²) in [7, 11) is -3.78. The van der Waals surface area contributed by atoms with Crippen LogP contribution in [0.4, 0.5) is 0 Å². The van der Waals surface area contributed by atoms with Gasteiger partial charge in [0.15, 0.2) is 0 Å². The largest absolute Gasteiger partial charge is 0.492 e. The summed E-state index contributed by atoms with van der Waals surface area (Å²) in [5.74, 6) is 0. The third-order valence-electron chi connectivity index (χ3n) is 1.44. The van der Waals surface area contributed by atoms with Crippen LogP contribution >= 0.6 is 0 Å². The lowest BCUT2D eigenvalue weighted by Gasteiger charge is -2.08. The topological polar surface area (TPSA) is 98.7 Å². The summed E-state index contributed by atoms with van der Waals surface area (Å²) in [6, 6.07) is 0.122. The van der Waals surface area contributed by atoms with Gasteiger partial charge in [0.25, 0.3) is 0 Å². The van der Waals surface area contributed by atoms with Gasteiger partial charge >= 0.3 is 8.80 Å². The van der Waals surface area contributed by atoms with Gasteiger partial charge in [-0.05, 0) is 19.4 Å². The summed E-state index contributed by atoms with van der Waals surface area (Å²) >= 11 is 0. The molecule has 0 saturated carbocycles. The number of unbranched alkanes of at least 4 members (excludes halogenated alkanes) is 1. The molecule has 0 aromatic rings. The third-order valence-corrected chi connectivity index (χ3v) is 2.46. The lowest BCUT2D eigenvalue weighted by molar-refractivity contribution is 0.226. The maximum Gasteiger partial charge on any atom is 0.492 e. The zero-order chi connectivity index (χ0) is 9.45. The van der Waals surface area contributed by atoms with E-state index >= 15 is 0 Å². The zero-order valence-electron chi connectivity index (χ0n) is 7.16. The molecule has 0 aliphatic heterocycles. The average molecular weight is 194 g/mol. The SMILES string of the molecule is NCCNCCCC[Si](O)(O)O. The van der Waals surface area contributed by atoms with E-state index in [1.54, 1.807) is 0 Å². The van der Waals surface area contributed by atoms with Crippen molar-refractivity contribution in [2.24, 2.45) is 5.73 Å². The zero-order valence-corrected chi connectivity index (χ0v) is 8.16. The van der Waals surface area contributed by atoms with Gasteiger partial charge in [-0.2, -0.15) is 0 Å². The molecule has 0 fully saturated rings. The van der Waals surface area contributed by atoms with E-state index < -0.39 is 8.80 Å². The quantitative estimate of drug-likeness (QED) is 0.244. The number of nitrogens with two attached hydrogens (primary N) is 1.